The molecule has 0 aliphatic heterocycles. The van der Waals surface area contributed by atoms with Crippen molar-refractivity contribution in [3.05, 3.63) is 35.6 Å². The number of nitrogens with zero attached hydrogens (tertiary/aromatic N) is 2. The summed E-state index contributed by atoms with van der Waals surface area (Å²) in [5, 5.41) is 0. The minimum absolute atomic E-state index is 0.204. The van der Waals surface area contributed by atoms with Crippen LogP contribution in [-0.2, 0) is 0 Å². The summed E-state index contributed by atoms with van der Waals surface area (Å²) in [6.07, 6.45) is 1.12. The summed E-state index contributed by atoms with van der Waals surface area (Å²) >= 11 is 0. The monoisotopic (exact) mass is 295 g/mol. The van der Waals surface area contributed by atoms with Crippen LogP contribution < -0.4 is 5.73 Å². The van der Waals surface area contributed by atoms with Crippen LogP contribution in [0.1, 0.15) is 38.8 Å². The average molecular weight is 295 g/mol. The van der Waals surface area contributed by atoms with E-state index < -0.39 is 0 Å². The Hall–Kier alpha value is -0.970. The molecule has 1 aromatic carbocycles. The quantitative estimate of drug-likeness (QED) is 0.720. The Kier molecular flexibility index (Phi) is 8.50. The second kappa shape index (κ2) is 9.87. The summed E-state index contributed by atoms with van der Waals surface area (Å²) in [6.45, 7) is 12.5. The molecule has 120 valence electrons. The summed E-state index contributed by atoms with van der Waals surface area (Å²) < 4.78 is 13.7. The molecule has 0 saturated heterocycles. The van der Waals surface area contributed by atoms with Crippen LogP contribution in [0.3, 0.4) is 0 Å². The van der Waals surface area contributed by atoms with Gasteiger partial charge in [0.15, 0.2) is 0 Å². The number of halogens is 1. The molecule has 2 N–H and O–H groups in total. The number of benzene rings is 1. The van der Waals surface area contributed by atoms with E-state index in [2.05, 4.69) is 30.6 Å². The van der Waals surface area contributed by atoms with E-state index >= 15 is 0 Å². The van der Waals surface area contributed by atoms with Gasteiger partial charge in [-0.05, 0) is 45.2 Å². The van der Waals surface area contributed by atoms with Gasteiger partial charge in [-0.1, -0.05) is 39.0 Å². The molecule has 1 atom stereocenters. The van der Waals surface area contributed by atoms with Crippen LogP contribution in [0.2, 0.25) is 0 Å². The lowest BCUT2D eigenvalue weighted by molar-refractivity contribution is 0.234. The maximum atomic E-state index is 13.7. The highest BCUT2D eigenvalue weighted by atomic mass is 19.1. The predicted molar refractivity (Wildman–Crippen MR) is 87.8 cm³/mol. The largest absolute Gasteiger partial charge is 0.323 e. The Morgan fingerprint density at radius 1 is 1.00 bits per heavy atom. The second-order valence-electron chi connectivity index (χ2n) is 5.40. The fourth-order valence-corrected chi connectivity index (χ4v) is 2.59. The molecule has 1 rings (SSSR count). The number of nitrogens with two attached hydrogens (primary N) is 1. The van der Waals surface area contributed by atoms with Crippen molar-refractivity contribution in [1.82, 2.24) is 9.80 Å². The number of hydrogen-bond donors (Lipinski definition) is 1. The van der Waals surface area contributed by atoms with Gasteiger partial charge in [-0.15, -0.1) is 0 Å². The van der Waals surface area contributed by atoms with Gasteiger partial charge in [0.05, 0.1) is 0 Å². The Morgan fingerprint density at radius 3 is 2.14 bits per heavy atom. The van der Waals surface area contributed by atoms with E-state index in [0.717, 1.165) is 39.1 Å². The minimum Gasteiger partial charge on any atom is -0.323 e. The predicted octanol–water partition coefficient (Wildman–Crippen LogP) is 2.88. The summed E-state index contributed by atoms with van der Waals surface area (Å²) in [6, 6.07) is 6.54. The number of hydrogen-bond acceptors (Lipinski definition) is 3. The maximum absolute atomic E-state index is 13.7. The molecule has 3 nitrogen and oxygen atoms in total. The van der Waals surface area contributed by atoms with Crippen LogP contribution in [0.5, 0.6) is 0 Å². The van der Waals surface area contributed by atoms with Crippen molar-refractivity contribution in [2.75, 3.05) is 39.3 Å². The molecular formula is C17H30FN3. The topological polar surface area (TPSA) is 32.5 Å². The van der Waals surface area contributed by atoms with Crippen LogP contribution in [0, 0.1) is 5.82 Å². The van der Waals surface area contributed by atoms with Crippen molar-refractivity contribution in [3.8, 4) is 0 Å². The lowest BCUT2D eigenvalue weighted by Gasteiger charge is -2.26. The molecule has 0 spiro atoms. The fraction of sp³-hybridized carbons (Fsp3) is 0.647. The van der Waals surface area contributed by atoms with Crippen LogP contribution >= 0.6 is 0 Å². The number of rotatable bonds is 10. The van der Waals surface area contributed by atoms with Gasteiger partial charge in [0.2, 0.25) is 0 Å². The van der Waals surface area contributed by atoms with E-state index in [4.69, 9.17) is 5.73 Å². The molecule has 1 unspecified atom stereocenters. The highest BCUT2D eigenvalue weighted by Crippen LogP contribution is 2.15. The SMILES string of the molecule is CCN(CC)CCCN(CC)CC(N)c1ccccc1F. The Bertz CT molecular complexity index is 393. The van der Waals surface area contributed by atoms with E-state index in [-0.39, 0.29) is 11.9 Å². The first kappa shape index (κ1) is 18.1. The number of likely N-dealkylation sites (N-methyl/N-ethyl adjacent to an activating group) is 1. The third-order valence-electron chi connectivity index (χ3n) is 4.05. The molecule has 0 heterocycles. The van der Waals surface area contributed by atoms with Gasteiger partial charge in [0, 0.05) is 18.2 Å². The molecule has 0 fully saturated rings. The van der Waals surface area contributed by atoms with E-state index in [1.165, 1.54) is 6.07 Å². The summed E-state index contributed by atoms with van der Waals surface area (Å²) in [5.74, 6) is -0.204. The van der Waals surface area contributed by atoms with Crippen molar-refractivity contribution in [2.45, 2.75) is 33.2 Å². The van der Waals surface area contributed by atoms with Crippen molar-refractivity contribution < 1.29 is 4.39 Å². The van der Waals surface area contributed by atoms with Crippen molar-refractivity contribution >= 4 is 0 Å². The molecule has 0 amide bonds. The Labute approximate surface area is 128 Å². The van der Waals surface area contributed by atoms with E-state index in [1.807, 2.05) is 6.07 Å². The zero-order valence-corrected chi connectivity index (χ0v) is 13.7. The van der Waals surface area contributed by atoms with Gasteiger partial charge in [-0.2, -0.15) is 0 Å². The molecule has 0 radical (unpaired) electrons. The summed E-state index contributed by atoms with van der Waals surface area (Å²) in [4.78, 5) is 4.73. The molecule has 0 bridgehead atoms. The van der Waals surface area contributed by atoms with E-state index in [1.54, 1.807) is 12.1 Å². The van der Waals surface area contributed by atoms with Gasteiger partial charge in [0.1, 0.15) is 5.82 Å². The maximum Gasteiger partial charge on any atom is 0.128 e. The molecule has 1 aromatic rings. The molecular weight excluding hydrogens is 265 g/mol. The zero-order chi connectivity index (χ0) is 15.7. The lowest BCUT2D eigenvalue weighted by Crippen LogP contribution is -2.35. The zero-order valence-electron chi connectivity index (χ0n) is 13.7. The first-order chi connectivity index (χ1) is 10.1. The van der Waals surface area contributed by atoms with Gasteiger partial charge >= 0.3 is 0 Å². The Balaban J connectivity index is 2.45. The first-order valence-electron chi connectivity index (χ1n) is 8.07. The first-order valence-corrected chi connectivity index (χ1v) is 8.07. The van der Waals surface area contributed by atoms with Gasteiger partial charge < -0.3 is 15.5 Å². The van der Waals surface area contributed by atoms with Crippen LogP contribution in [0.15, 0.2) is 24.3 Å². The highest BCUT2D eigenvalue weighted by molar-refractivity contribution is 5.21. The molecule has 4 heteroatoms. The van der Waals surface area contributed by atoms with E-state index in [9.17, 15) is 4.39 Å². The molecule has 0 aliphatic carbocycles. The van der Waals surface area contributed by atoms with Crippen molar-refractivity contribution in [1.29, 1.82) is 0 Å². The minimum atomic E-state index is -0.264. The van der Waals surface area contributed by atoms with Gasteiger partial charge in [0.25, 0.3) is 0 Å². The normalized spacial score (nSPS) is 13.1. The summed E-state index contributed by atoms with van der Waals surface area (Å²) in [5.41, 5.74) is 6.77. The molecule has 0 aromatic heterocycles. The van der Waals surface area contributed by atoms with Gasteiger partial charge in [-0.25, -0.2) is 4.39 Å². The van der Waals surface area contributed by atoms with Crippen molar-refractivity contribution in [3.63, 3.8) is 0 Å². The second-order valence-corrected chi connectivity index (χ2v) is 5.40. The smallest absolute Gasteiger partial charge is 0.128 e. The standard InChI is InChI=1S/C17H30FN3/c1-4-20(5-2)12-9-13-21(6-3)14-17(19)15-10-7-8-11-16(15)18/h7-8,10-11,17H,4-6,9,12-14,19H2,1-3H3. The van der Waals surface area contributed by atoms with Crippen LogP contribution in [0.4, 0.5) is 4.39 Å². The van der Waals surface area contributed by atoms with Gasteiger partial charge in [-0.3, -0.25) is 0 Å². The average Bonchev–Trinajstić information content (AvgIpc) is 2.50. The lowest BCUT2D eigenvalue weighted by atomic mass is 10.1. The van der Waals surface area contributed by atoms with Crippen LogP contribution in [0.25, 0.3) is 0 Å². The van der Waals surface area contributed by atoms with Crippen molar-refractivity contribution in [2.24, 2.45) is 5.73 Å². The third-order valence-corrected chi connectivity index (χ3v) is 4.05. The Morgan fingerprint density at radius 2 is 1.57 bits per heavy atom. The van der Waals surface area contributed by atoms with Crippen LogP contribution in [-0.4, -0.2) is 49.1 Å². The highest BCUT2D eigenvalue weighted by Gasteiger charge is 2.14. The molecule has 0 aliphatic rings. The van der Waals surface area contributed by atoms with E-state index in [0.29, 0.717) is 12.1 Å². The molecule has 0 saturated carbocycles. The molecule has 21 heavy (non-hydrogen) atoms. The fourth-order valence-electron chi connectivity index (χ4n) is 2.59. The summed E-state index contributed by atoms with van der Waals surface area (Å²) in [7, 11) is 0. The third kappa shape index (κ3) is 6.12.